The number of rotatable bonds is 7. The van der Waals surface area contributed by atoms with Crippen LogP contribution >= 0.6 is 15.9 Å². The predicted octanol–water partition coefficient (Wildman–Crippen LogP) is 3.92. The van der Waals surface area contributed by atoms with Crippen LogP contribution in [0.1, 0.15) is 32.8 Å². The largest absolute Gasteiger partial charge is 0.314 e. The van der Waals surface area contributed by atoms with Gasteiger partial charge in [-0.3, -0.25) is 10.1 Å². The summed E-state index contributed by atoms with van der Waals surface area (Å²) >= 11 is 3.35. The summed E-state index contributed by atoms with van der Waals surface area (Å²) < 4.78 is 0.606. The zero-order valence-electron chi connectivity index (χ0n) is 11.6. The Morgan fingerprint density at radius 3 is 2.68 bits per heavy atom. The molecule has 1 N–H and O–H groups in total. The van der Waals surface area contributed by atoms with Crippen LogP contribution in [0, 0.1) is 16.0 Å². The third-order valence-corrected chi connectivity index (χ3v) is 4.28. The van der Waals surface area contributed by atoms with Gasteiger partial charge in [0.15, 0.2) is 0 Å². The van der Waals surface area contributed by atoms with E-state index in [2.05, 4.69) is 42.0 Å². The van der Waals surface area contributed by atoms with Gasteiger partial charge >= 0.3 is 0 Å². The van der Waals surface area contributed by atoms with Gasteiger partial charge in [0.25, 0.3) is 5.69 Å². The molecule has 0 saturated carbocycles. The highest BCUT2D eigenvalue weighted by molar-refractivity contribution is 9.10. The Balaban J connectivity index is 2.76. The average Bonchev–Trinajstić information content (AvgIpc) is 2.37. The number of hydrogen-bond donors (Lipinski definition) is 1. The highest BCUT2D eigenvalue weighted by Gasteiger charge is 2.18. The Kier molecular flexibility index (Phi) is 6.45. The first-order chi connectivity index (χ1) is 8.97. The van der Waals surface area contributed by atoms with Gasteiger partial charge in [-0.2, -0.15) is 0 Å². The van der Waals surface area contributed by atoms with Crippen LogP contribution in [-0.2, 0) is 6.42 Å². The molecule has 106 valence electrons. The van der Waals surface area contributed by atoms with Crippen molar-refractivity contribution in [2.24, 2.45) is 5.92 Å². The van der Waals surface area contributed by atoms with E-state index >= 15 is 0 Å². The standard InChI is InChI=1S/C14H21BrN2O2/c1-4-8-16-11(3)10(2)9-12-6-5-7-13(14(12)15)17(18)19/h5-7,10-11,16H,4,8-9H2,1-3H3. The Hall–Kier alpha value is -0.940. The van der Waals surface area contributed by atoms with E-state index in [0.29, 0.717) is 16.4 Å². The summed E-state index contributed by atoms with van der Waals surface area (Å²) in [5.41, 5.74) is 1.13. The molecule has 1 aromatic rings. The Labute approximate surface area is 122 Å². The lowest BCUT2D eigenvalue weighted by molar-refractivity contribution is -0.385. The first-order valence-corrected chi connectivity index (χ1v) is 7.41. The summed E-state index contributed by atoms with van der Waals surface area (Å²) in [5, 5.41) is 14.4. The van der Waals surface area contributed by atoms with Gasteiger partial charge in [0.05, 0.1) is 9.40 Å². The SMILES string of the molecule is CCCNC(C)C(C)Cc1cccc([N+](=O)[O-])c1Br. The highest BCUT2D eigenvalue weighted by Crippen LogP contribution is 2.30. The van der Waals surface area contributed by atoms with Crippen LogP contribution in [0.4, 0.5) is 5.69 Å². The van der Waals surface area contributed by atoms with Crippen molar-refractivity contribution < 1.29 is 4.92 Å². The molecule has 4 nitrogen and oxygen atoms in total. The average molecular weight is 329 g/mol. The second-order valence-corrected chi connectivity index (χ2v) is 5.72. The van der Waals surface area contributed by atoms with E-state index in [1.54, 1.807) is 6.07 Å². The number of halogens is 1. The van der Waals surface area contributed by atoms with Crippen molar-refractivity contribution in [1.82, 2.24) is 5.32 Å². The Bertz CT molecular complexity index is 437. The van der Waals surface area contributed by atoms with Crippen molar-refractivity contribution >= 4 is 21.6 Å². The van der Waals surface area contributed by atoms with E-state index in [4.69, 9.17) is 0 Å². The molecule has 0 aliphatic rings. The molecule has 0 aromatic heterocycles. The fourth-order valence-corrected chi connectivity index (χ4v) is 2.53. The lowest BCUT2D eigenvalue weighted by atomic mass is 9.94. The van der Waals surface area contributed by atoms with Gasteiger partial charge in [-0.05, 0) is 53.7 Å². The van der Waals surface area contributed by atoms with Crippen LogP contribution in [0.2, 0.25) is 0 Å². The molecule has 0 bridgehead atoms. The quantitative estimate of drug-likeness (QED) is 0.609. The lowest BCUT2D eigenvalue weighted by Gasteiger charge is -2.21. The maximum atomic E-state index is 10.9. The number of benzene rings is 1. The molecule has 0 fully saturated rings. The molecule has 0 radical (unpaired) electrons. The number of nitro benzene ring substituents is 1. The van der Waals surface area contributed by atoms with Crippen molar-refractivity contribution in [3.63, 3.8) is 0 Å². The predicted molar refractivity (Wildman–Crippen MR) is 81.4 cm³/mol. The van der Waals surface area contributed by atoms with Gasteiger partial charge in [-0.25, -0.2) is 0 Å². The number of nitro groups is 1. The van der Waals surface area contributed by atoms with Crippen LogP contribution in [-0.4, -0.2) is 17.5 Å². The highest BCUT2D eigenvalue weighted by atomic mass is 79.9. The van der Waals surface area contributed by atoms with Gasteiger partial charge in [-0.1, -0.05) is 26.0 Å². The molecular weight excluding hydrogens is 308 g/mol. The molecule has 2 unspecified atom stereocenters. The number of nitrogens with one attached hydrogen (secondary N) is 1. The van der Waals surface area contributed by atoms with Crippen LogP contribution in [0.15, 0.2) is 22.7 Å². The molecule has 0 heterocycles. The first kappa shape index (κ1) is 16.1. The summed E-state index contributed by atoms with van der Waals surface area (Å²) in [7, 11) is 0. The molecule has 0 saturated heterocycles. The van der Waals surface area contributed by atoms with Crippen LogP contribution in [0.5, 0.6) is 0 Å². The summed E-state index contributed by atoms with van der Waals surface area (Å²) in [6.07, 6.45) is 1.93. The van der Waals surface area contributed by atoms with Crippen LogP contribution in [0.3, 0.4) is 0 Å². The zero-order valence-corrected chi connectivity index (χ0v) is 13.2. The van der Waals surface area contributed by atoms with Gasteiger partial charge < -0.3 is 5.32 Å². The maximum Gasteiger partial charge on any atom is 0.283 e. The summed E-state index contributed by atoms with van der Waals surface area (Å²) in [6.45, 7) is 7.47. The summed E-state index contributed by atoms with van der Waals surface area (Å²) in [4.78, 5) is 10.5. The topological polar surface area (TPSA) is 55.2 Å². The molecule has 0 aliphatic carbocycles. The van der Waals surface area contributed by atoms with Crippen molar-refractivity contribution in [1.29, 1.82) is 0 Å². The van der Waals surface area contributed by atoms with Crippen LogP contribution < -0.4 is 5.32 Å². The van der Waals surface area contributed by atoms with Crippen molar-refractivity contribution in [3.8, 4) is 0 Å². The minimum Gasteiger partial charge on any atom is -0.314 e. The molecule has 0 aliphatic heterocycles. The van der Waals surface area contributed by atoms with Gasteiger partial charge in [-0.15, -0.1) is 0 Å². The van der Waals surface area contributed by atoms with Gasteiger partial charge in [0.2, 0.25) is 0 Å². The fourth-order valence-electron chi connectivity index (χ4n) is 1.96. The molecule has 19 heavy (non-hydrogen) atoms. The van der Waals surface area contributed by atoms with E-state index in [0.717, 1.165) is 24.9 Å². The third kappa shape index (κ3) is 4.58. The minimum absolute atomic E-state index is 0.138. The second kappa shape index (κ2) is 7.60. The van der Waals surface area contributed by atoms with Crippen LogP contribution in [0.25, 0.3) is 0 Å². The van der Waals surface area contributed by atoms with E-state index in [9.17, 15) is 10.1 Å². The molecule has 1 aromatic carbocycles. The van der Waals surface area contributed by atoms with Gasteiger partial charge in [0, 0.05) is 12.1 Å². The smallest absolute Gasteiger partial charge is 0.283 e. The van der Waals surface area contributed by atoms with E-state index in [1.165, 1.54) is 6.07 Å². The zero-order chi connectivity index (χ0) is 14.4. The molecular formula is C14H21BrN2O2. The third-order valence-electron chi connectivity index (χ3n) is 3.37. The molecule has 0 amide bonds. The summed E-state index contributed by atoms with van der Waals surface area (Å²) in [6, 6.07) is 5.61. The fraction of sp³-hybridized carbons (Fsp3) is 0.571. The van der Waals surface area contributed by atoms with Crippen molar-refractivity contribution in [2.75, 3.05) is 6.54 Å². The molecule has 1 rings (SSSR count). The molecule has 5 heteroatoms. The Morgan fingerprint density at radius 2 is 2.11 bits per heavy atom. The first-order valence-electron chi connectivity index (χ1n) is 6.62. The van der Waals surface area contributed by atoms with Crippen molar-refractivity contribution in [2.45, 2.75) is 39.7 Å². The molecule has 2 atom stereocenters. The second-order valence-electron chi connectivity index (χ2n) is 4.93. The normalized spacial score (nSPS) is 14.1. The Morgan fingerprint density at radius 1 is 1.42 bits per heavy atom. The van der Waals surface area contributed by atoms with Gasteiger partial charge in [0.1, 0.15) is 0 Å². The van der Waals surface area contributed by atoms with E-state index < -0.39 is 0 Å². The monoisotopic (exact) mass is 328 g/mol. The molecule has 0 spiro atoms. The van der Waals surface area contributed by atoms with E-state index in [-0.39, 0.29) is 10.6 Å². The van der Waals surface area contributed by atoms with Crippen molar-refractivity contribution in [3.05, 3.63) is 38.3 Å². The number of hydrogen-bond acceptors (Lipinski definition) is 3. The minimum atomic E-state index is -0.350. The van der Waals surface area contributed by atoms with E-state index in [1.807, 2.05) is 6.07 Å². The maximum absolute atomic E-state index is 10.9. The number of nitrogens with zero attached hydrogens (tertiary/aromatic N) is 1. The lowest BCUT2D eigenvalue weighted by Crippen LogP contribution is -2.33. The summed E-state index contributed by atoms with van der Waals surface area (Å²) in [5.74, 6) is 0.421.